The highest BCUT2D eigenvalue weighted by atomic mass is 32.1. The van der Waals surface area contributed by atoms with Crippen LogP contribution in [-0.2, 0) is 12.8 Å². The van der Waals surface area contributed by atoms with Crippen LogP contribution in [0.1, 0.15) is 42.8 Å². The summed E-state index contributed by atoms with van der Waals surface area (Å²) in [7, 11) is 0. The van der Waals surface area contributed by atoms with Crippen LogP contribution >= 0.6 is 11.5 Å². The van der Waals surface area contributed by atoms with Crippen LogP contribution in [0.15, 0.2) is 18.2 Å². The molecule has 1 N–H and O–H groups in total. The minimum Gasteiger partial charge on any atom is -0.353 e. The number of nitrogens with one attached hydrogen (secondary N) is 1. The number of hydrogen-bond acceptors (Lipinski definition) is 4. The molecule has 0 aliphatic heterocycles. The molecule has 1 aliphatic carbocycles. The van der Waals surface area contributed by atoms with Gasteiger partial charge in [-0.05, 0) is 42.5 Å². The molecule has 0 amide bonds. The van der Waals surface area contributed by atoms with Gasteiger partial charge in [0.2, 0.25) is 5.13 Å². The van der Waals surface area contributed by atoms with Crippen LogP contribution in [0.25, 0.3) is 0 Å². The van der Waals surface area contributed by atoms with Crippen molar-refractivity contribution >= 4 is 16.7 Å². The lowest BCUT2D eigenvalue weighted by atomic mass is 9.88. The Bertz CT molecular complexity index is 582. The molecular formula is C14H16FN3S. The first-order valence-electron chi connectivity index (χ1n) is 6.63. The molecule has 2 aromatic rings. The summed E-state index contributed by atoms with van der Waals surface area (Å²) < 4.78 is 17.7. The van der Waals surface area contributed by atoms with Crippen LogP contribution in [0.3, 0.4) is 0 Å². The summed E-state index contributed by atoms with van der Waals surface area (Å²) in [4.78, 5) is 4.42. The molecule has 1 aliphatic rings. The van der Waals surface area contributed by atoms with Crippen molar-refractivity contribution in [3.63, 3.8) is 0 Å². The number of aromatic nitrogens is 2. The Kier molecular flexibility index (Phi) is 3.46. The quantitative estimate of drug-likeness (QED) is 0.929. The Morgan fingerprint density at radius 1 is 1.47 bits per heavy atom. The number of rotatable bonds is 3. The SMILES string of the molecule is CCc1nsc(NC2CCCc3ccc(F)cc32)n1. The van der Waals surface area contributed by atoms with Crippen LogP contribution in [0, 0.1) is 5.82 Å². The largest absolute Gasteiger partial charge is 0.353 e. The third-order valence-corrected chi connectivity index (χ3v) is 4.19. The van der Waals surface area contributed by atoms with Crippen molar-refractivity contribution in [3.8, 4) is 0 Å². The van der Waals surface area contributed by atoms with Gasteiger partial charge in [-0.25, -0.2) is 9.37 Å². The number of halogens is 1. The van der Waals surface area contributed by atoms with E-state index in [2.05, 4.69) is 14.7 Å². The second-order valence-corrected chi connectivity index (χ2v) is 5.55. The van der Waals surface area contributed by atoms with Crippen molar-refractivity contribution in [2.24, 2.45) is 0 Å². The lowest BCUT2D eigenvalue weighted by Crippen LogP contribution is -2.17. The van der Waals surface area contributed by atoms with Gasteiger partial charge in [0.15, 0.2) is 0 Å². The number of hydrogen-bond donors (Lipinski definition) is 1. The van der Waals surface area contributed by atoms with Gasteiger partial charge in [0.25, 0.3) is 0 Å². The van der Waals surface area contributed by atoms with Gasteiger partial charge >= 0.3 is 0 Å². The van der Waals surface area contributed by atoms with Crippen molar-refractivity contribution in [1.29, 1.82) is 0 Å². The molecule has 100 valence electrons. The van der Waals surface area contributed by atoms with E-state index in [9.17, 15) is 4.39 Å². The smallest absolute Gasteiger partial charge is 0.203 e. The third-order valence-electron chi connectivity index (χ3n) is 3.50. The van der Waals surface area contributed by atoms with Crippen LogP contribution in [0.4, 0.5) is 9.52 Å². The highest BCUT2D eigenvalue weighted by Crippen LogP contribution is 2.33. The molecule has 3 rings (SSSR count). The molecule has 19 heavy (non-hydrogen) atoms. The maximum Gasteiger partial charge on any atom is 0.203 e. The van der Waals surface area contributed by atoms with E-state index >= 15 is 0 Å². The Morgan fingerprint density at radius 2 is 2.37 bits per heavy atom. The normalized spacial score (nSPS) is 18.1. The minimum absolute atomic E-state index is 0.150. The maximum atomic E-state index is 13.4. The molecule has 0 saturated heterocycles. The molecule has 0 fully saturated rings. The Hall–Kier alpha value is -1.49. The van der Waals surface area contributed by atoms with E-state index in [0.29, 0.717) is 0 Å². The molecule has 1 heterocycles. The number of anilines is 1. The van der Waals surface area contributed by atoms with Gasteiger partial charge < -0.3 is 5.32 Å². The molecular weight excluding hydrogens is 261 g/mol. The fourth-order valence-corrected chi connectivity index (χ4v) is 3.23. The molecule has 0 spiro atoms. The monoisotopic (exact) mass is 277 g/mol. The first-order chi connectivity index (χ1) is 9.26. The van der Waals surface area contributed by atoms with Gasteiger partial charge in [-0.1, -0.05) is 13.0 Å². The summed E-state index contributed by atoms with van der Waals surface area (Å²) in [6, 6.07) is 5.24. The number of aryl methyl sites for hydroxylation is 2. The Morgan fingerprint density at radius 3 is 3.16 bits per heavy atom. The first kappa shape index (κ1) is 12.5. The van der Waals surface area contributed by atoms with Gasteiger partial charge in [-0.15, -0.1) is 0 Å². The highest BCUT2D eigenvalue weighted by Gasteiger charge is 2.21. The molecule has 5 heteroatoms. The molecule has 0 radical (unpaired) electrons. The van der Waals surface area contributed by atoms with Crippen LogP contribution in [0.5, 0.6) is 0 Å². The van der Waals surface area contributed by atoms with E-state index < -0.39 is 0 Å². The van der Waals surface area contributed by atoms with Gasteiger partial charge in [-0.3, -0.25) is 0 Å². The second-order valence-electron chi connectivity index (χ2n) is 4.80. The van der Waals surface area contributed by atoms with Gasteiger partial charge in [0.05, 0.1) is 6.04 Å². The van der Waals surface area contributed by atoms with Gasteiger partial charge in [0.1, 0.15) is 11.6 Å². The fourth-order valence-electron chi connectivity index (χ4n) is 2.53. The standard InChI is InChI=1S/C14H16FN3S/c1-2-13-17-14(19-18-13)16-12-5-3-4-9-6-7-10(15)8-11(9)12/h6-8,12H,2-5H2,1H3,(H,16,17,18). The van der Waals surface area contributed by atoms with E-state index in [0.717, 1.165) is 42.2 Å². The van der Waals surface area contributed by atoms with Crippen LogP contribution in [0.2, 0.25) is 0 Å². The summed E-state index contributed by atoms with van der Waals surface area (Å²) >= 11 is 1.38. The zero-order valence-electron chi connectivity index (χ0n) is 10.8. The molecule has 0 bridgehead atoms. The lowest BCUT2D eigenvalue weighted by molar-refractivity contribution is 0.579. The van der Waals surface area contributed by atoms with Gasteiger partial charge in [0, 0.05) is 18.0 Å². The first-order valence-corrected chi connectivity index (χ1v) is 7.41. The maximum absolute atomic E-state index is 13.4. The summed E-state index contributed by atoms with van der Waals surface area (Å²) in [5, 5.41) is 4.23. The van der Waals surface area contributed by atoms with Crippen molar-refractivity contribution in [2.75, 3.05) is 5.32 Å². The van der Waals surface area contributed by atoms with Crippen LogP contribution < -0.4 is 5.32 Å². The summed E-state index contributed by atoms with van der Waals surface area (Å²) in [6.07, 6.45) is 4.01. The predicted octanol–water partition coefficient (Wildman–Crippen LogP) is 3.73. The summed E-state index contributed by atoms with van der Waals surface area (Å²) in [5.74, 6) is 0.696. The average molecular weight is 277 g/mol. The highest BCUT2D eigenvalue weighted by molar-refractivity contribution is 7.09. The summed E-state index contributed by atoms with van der Waals surface area (Å²) in [6.45, 7) is 2.04. The lowest BCUT2D eigenvalue weighted by Gasteiger charge is -2.26. The second kappa shape index (κ2) is 5.25. The topological polar surface area (TPSA) is 37.8 Å². The van der Waals surface area contributed by atoms with Crippen LogP contribution in [-0.4, -0.2) is 9.36 Å². The predicted molar refractivity (Wildman–Crippen MR) is 75.0 cm³/mol. The van der Waals surface area contributed by atoms with E-state index in [4.69, 9.17) is 0 Å². The van der Waals surface area contributed by atoms with E-state index in [1.54, 1.807) is 12.1 Å². The third kappa shape index (κ3) is 2.61. The average Bonchev–Trinajstić information content (AvgIpc) is 2.87. The van der Waals surface area contributed by atoms with Crippen molar-refractivity contribution in [3.05, 3.63) is 41.0 Å². The van der Waals surface area contributed by atoms with Crippen molar-refractivity contribution in [2.45, 2.75) is 38.6 Å². The number of fused-ring (bicyclic) bond motifs is 1. The minimum atomic E-state index is -0.168. The van der Waals surface area contributed by atoms with E-state index in [-0.39, 0.29) is 11.9 Å². The Labute approximate surface area is 116 Å². The van der Waals surface area contributed by atoms with Gasteiger partial charge in [-0.2, -0.15) is 4.37 Å². The zero-order valence-corrected chi connectivity index (χ0v) is 11.6. The van der Waals surface area contributed by atoms with E-state index in [1.807, 2.05) is 13.0 Å². The molecule has 1 atom stereocenters. The molecule has 3 nitrogen and oxygen atoms in total. The Balaban J connectivity index is 1.84. The molecule has 1 aromatic heterocycles. The summed E-state index contributed by atoms with van der Waals surface area (Å²) in [5.41, 5.74) is 2.31. The number of nitrogens with zero attached hydrogens (tertiary/aromatic N) is 2. The van der Waals surface area contributed by atoms with E-state index in [1.165, 1.54) is 17.1 Å². The fraction of sp³-hybridized carbons (Fsp3) is 0.429. The molecule has 1 aromatic carbocycles. The molecule has 1 unspecified atom stereocenters. The zero-order chi connectivity index (χ0) is 13.2. The number of benzene rings is 1. The van der Waals surface area contributed by atoms with Crippen molar-refractivity contribution < 1.29 is 4.39 Å². The van der Waals surface area contributed by atoms with Crippen molar-refractivity contribution in [1.82, 2.24) is 9.36 Å². The molecule has 0 saturated carbocycles.